The van der Waals surface area contributed by atoms with Crippen LogP contribution in [0.2, 0.25) is 5.02 Å². The first-order valence-corrected chi connectivity index (χ1v) is 9.19. The third kappa shape index (κ3) is 6.63. The van der Waals surface area contributed by atoms with Crippen LogP contribution in [0.4, 0.5) is 4.79 Å². The highest BCUT2D eigenvalue weighted by molar-refractivity contribution is 6.32. The van der Waals surface area contributed by atoms with E-state index in [0.717, 1.165) is 19.3 Å². The van der Waals surface area contributed by atoms with Crippen molar-refractivity contribution in [1.29, 1.82) is 0 Å². The Morgan fingerprint density at radius 1 is 1.19 bits per heavy atom. The number of esters is 1. The molecule has 0 spiro atoms. The average molecular weight is 399 g/mol. The summed E-state index contributed by atoms with van der Waals surface area (Å²) in [5, 5.41) is 4.90. The monoisotopic (exact) mass is 398 g/mol. The molecule has 9 heteroatoms. The summed E-state index contributed by atoms with van der Waals surface area (Å²) in [6.07, 6.45) is 2.59. The second-order valence-electron chi connectivity index (χ2n) is 5.94. The number of benzene rings is 1. The molecule has 0 radical (unpaired) electrons. The molecule has 27 heavy (non-hydrogen) atoms. The van der Waals surface area contributed by atoms with Crippen LogP contribution in [0.5, 0.6) is 11.5 Å². The number of halogens is 1. The Kier molecular flexibility index (Phi) is 7.72. The normalized spacial score (nSPS) is 12.9. The van der Waals surface area contributed by atoms with E-state index in [9.17, 15) is 14.4 Å². The molecule has 0 heterocycles. The Labute approximate surface area is 162 Å². The van der Waals surface area contributed by atoms with Gasteiger partial charge in [0.25, 0.3) is 5.91 Å². The van der Waals surface area contributed by atoms with Crippen molar-refractivity contribution in [3.05, 3.63) is 22.7 Å². The largest absolute Gasteiger partial charge is 0.490 e. The van der Waals surface area contributed by atoms with Crippen LogP contribution >= 0.6 is 11.6 Å². The van der Waals surface area contributed by atoms with Gasteiger partial charge in [0.05, 0.1) is 23.8 Å². The van der Waals surface area contributed by atoms with Crippen molar-refractivity contribution < 1.29 is 28.6 Å². The van der Waals surface area contributed by atoms with Gasteiger partial charge in [0.1, 0.15) is 0 Å². The molecule has 148 valence electrons. The van der Waals surface area contributed by atoms with Gasteiger partial charge in [0.2, 0.25) is 0 Å². The minimum absolute atomic E-state index is 0.113. The molecule has 8 nitrogen and oxygen atoms in total. The van der Waals surface area contributed by atoms with E-state index >= 15 is 0 Å². The summed E-state index contributed by atoms with van der Waals surface area (Å²) in [5.74, 6) is -0.816. The molecule has 1 fully saturated rings. The van der Waals surface area contributed by atoms with Crippen molar-refractivity contribution in [1.82, 2.24) is 10.6 Å². The van der Waals surface area contributed by atoms with Crippen molar-refractivity contribution in [2.75, 3.05) is 19.8 Å². The maximum atomic E-state index is 12.2. The van der Waals surface area contributed by atoms with E-state index in [2.05, 4.69) is 10.6 Å². The lowest BCUT2D eigenvalue weighted by Crippen LogP contribution is -2.42. The van der Waals surface area contributed by atoms with Gasteiger partial charge < -0.3 is 19.5 Å². The second-order valence-corrected chi connectivity index (χ2v) is 6.35. The first kappa shape index (κ1) is 20.8. The predicted molar refractivity (Wildman–Crippen MR) is 98.4 cm³/mol. The first-order valence-electron chi connectivity index (χ1n) is 8.81. The fourth-order valence-corrected chi connectivity index (χ4v) is 2.38. The van der Waals surface area contributed by atoms with Gasteiger partial charge in [-0.05, 0) is 38.3 Å². The van der Waals surface area contributed by atoms with Crippen LogP contribution < -0.4 is 20.1 Å². The Balaban J connectivity index is 1.95. The van der Waals surface area contributed by atoms with E-state index in [0.29, 0.717) is 24.7 Å². The van der Waals surface area contributed by atoms with Crippen molar-refractivity contribution in [3.8, 4) is 11.5 Å². The number of nitrogens with one attached hydrogen (secondary N) is 2. The average Bonchev–Trinajstić information content (AvgIpc) is 3.42. The van der Waals surface area contributed by atoms with E-state index in [1.165, 1.54) is 12.1 Å². The molecular formula is C18H23ClN2O6. The fourth-order valence-electron chi connectivity index (χ4n) is 2.12. The van der Waals surface area contributed by atoms with Gasteiger partial charge >= 0.3 is 12.0 Å². The highest BCUT2D eigenvalue weighted by Crippen LogP contribution is 2.37. The van der Waals surface area contributed by atoms with Crippen LogP contribution in [0, 0.1) is 0 Å². The number of ether oxygens (including phenoxy) is 3. The number of hydrogen-bond acceptors (Lipinski definition) is 6. The number of hydrogen-bond donors (Lipinski definition) is 2. The van der Waals surface area contributed by atoms with Crippen LogP contribution in [0.15, 0.2) is 12.1 Å². The summed E-state index contributed by atoms with van der Waals surface area (Å²) in [6, 6.07) is 2.35. The summed E-state index contributed by atoms with van der Waals surface area (Å²) in [5.41, 5.74) is 0.113. The van der Waals surface area contributed by atoms with Crippen LogP contribution in [0.25, 0.3) is 0 Å². The number of carbonyl (C=O) groups is 3. The number of urea groups is 1. The maximum Gasteiger partial charge on any atom is 0.338 e. The van der Waals surface area contributed by atoms with Gasteiger partial charge in [0.15, 0.2) is 18.1 Å². The molecule has 2 rings (SSSR count). The minimum atomic E-state index is -0.766. The van der Waals surface area contributed by atoms with Crippen molar-refractivity contribution >= 4 is 29.5 Å². The Morgan fingerprint density at radius 3 is 2.56 bits per heavy atom. The number of imide groups is 1. The fraction of sp³-hybridized carbons (Fsp3) is 0.500. The predicted octanol–water partition coefficient (Wildman–Crippen LogP) is 2.67. The van der Waals surface area contributed by atoms with Gasteiger partial charge in [-0.25, -0.2) is 9.59 Å². The zero-order chi connectivity index (χ0) is 19.8. The number of carbonyl (C=O) groups excluding carboxylic acids is 3. The van der Waals surface area contributed by atoms with Crippen molar-refractivity contribution in [2.45, 2.75) is 39.2 Å². The lowest BCUT2D eigenvalue weighted by atomic mass is 10.2. The quantitative estimate of drug-likeness (QED) is 0.620. The molecule has 0 atom stereocenters. The number of rotatable bonds is 9. The topological polar surface area (TPSA) is 103 Å². The van der Waals surface area contributed by atoms with Crippen molar-refractivity contribution in [3.63, 3.8) is 0 Å². The third-order valence-corrected chi connectivity index (χ3v) is 3.78. The van der Waals surface area contributed by atoms with Crippen LogP contribution in [-0.2, 0) is 9.53 Å². The Morgan fingerprint density at radius 2 is 1.93 bits per heavy atom. The molecule has 0 aliphatic heterocycles. The highest BCUT2D eigenvalue weighted by atomic mass is 35.5. The van der Waals surface area contributed by atoms with Crippen molar-refractivity contribution in [2.24, 2.45) is 0 Å². The van der Waals surface area contributed by atoms with Gasteiger partial charge in [-0.3, -0.25) is 10.1 Å². The lowest BCUT2D eigenvalue weighted by molar-refractivity contribution is -0.123. The molecular weight excluding hydrogens is 376 g/mol. The van der Waals surface area contributed by atoms with E-state index in [4.69, 9.17) is 25.8 Å². The molecule has 2 N–H and O–H groups in total. The molecule has 0 bridgehead atoms. The molecule has 1 aromatic carbocycles. The summed E-state index contributed by atoms with van der Waals surface area (Å²) < 4.78 is 16.0. The zero-order valence-corrected chi connectivity index (χ0v) is 16.1. The Bertz CT molecular complexity index is 705. The zero-order valence-electron chi connectivity index (χ0n) is 15.3. The number of amides is 3. The van der Waals surface area contributed by atoms with E-state index in [1.807, 2.05) is 6.92 Å². The third-order valence-electron chi connectivity index (χ3n) is 3.50. The molecule has 1 saturated carbocycles. The summed E-state index contributed by atoms with van der Waals surface area (Å²) in [4.78, 5) is 35.4. The van der Waals surface area contributed by atoms with Gasteiger partial charge in [-0.2, -0.15) is 0 Å². The smallest absolute Gasteiger partial charge is 0.338 e. The molecule has 1 aliphatic rings. The molecule has 0 saturated heterocycles. The lowest BCUT2D eigenvalue weighted by Gasteiger charge is -2.14. The maximum absolute atomic E-state index is 12.2. The van der Waals surface area contributed by atoms with Crippen LogP contribution in [0.3, 0.4) is 0 Å². The van der Waals surface area contributed by atoms with E-state index in [-0.39, 0.29) is 16.6 Å². The summed E-state index contributed by atoms with van der Waals surface area (Å²) in [6.45, 7) is 3.96. The van der Waals surface area contributed by atoms with E-state index < -0.39 is 24.5 Å². The minimum Gasteiger partial charge on any atom is -0.490 e. The first-order chi connectivity index (χ1) is 12.9. The standard InChI is InChI=1S/C18H23ClN2O6/c1-3-7-26-16-13(19)8-11(9-14(16)25-4-2)17(23)27-10-15(22)21-18(24)20-12-5-6-12/h8-9,12H,3-7,10H2,1-2H3,(H2,20,21,22,24). The van der Waals surface area contributed by atoms with Crippen LogP contribution in [-0.4, -0.2) is 43.8 Å². The summed E-state index contributed by atoms with van der Waals surface area (Å²) >= 11 is 6.19. The summed E-state index contributed by atoms with van der Waals surface area (Å²) in [7, 11) is 0. The molecule has 1 aromatic rings. The molecule has 0 aromatic heterocycles. The Hall–Kier alpha value is -2.48. The van der Waals surface area contributed by atoms with Gasteiger partial charge in [0, 0.05) is 6.04 Å². The molecule has 0 unspecified atom stereocenters. The molecule has 3 amide bonds. The highest BCUT2D eigenvalue weighted by Gasteiger charge is 2.24. The van der Waals surface area contributed by atoms with Crippen LogP contribution in [0.1, 0.15) is 43.5 Å². The van der Waals surface area contributed by atoms with Gasteiger partial charge in [-0.1, -0.05) is 18.5 Å². The van der Waals surface area contributed by atoms with Gasteiger partial charge in [-0.15, -0.1) is 0 Å². The second kappa shape index (κ2) is 10.0. The SMILES string of the molecule is CCCOc1c(Cl)cc(C(=O)OCC(=O)NC(=O)NC2CC2)cc1OCC. The van der Waals surface area contributed by atoms with E-state index in [1.54, 1.807) is 6.92 Å². The molecule has 1 aliphatic carbocycles.